The molecule has 2 amide bonds. The van der Waals surface area contributed by atoms with Crippen molar-refractivity contribution in [3.05, 3.63) is 0 Å². The molecule has 0 rings (SSSR count). The lowest BCUT2D eigenvalue weighted by molar-refractivity contribution is -0.120. The van der Waals surface area contributed by atoms with Gasteiger partial charge in [-0.25, -0.2) is 0 Å². The van der Waals surface area contributed by atoms with E-state index >= 15 is 0 Å². The fourth-order valence-corrected chi connectivity index (χ4v) is 0.687. The highest BCUT2D eigenvalue weighted by molar-refractivity contribution is 6.27. The van der Waals surface area contributed by atoms with Gasteiger partial charge in [0.1, 0.15) is 11.8 Å². The van der Waals surface area contributed by atoms with Gasteiger partial charge in [0.15, 0.2) is 0 Å². The number of halogens is 2. The lowest BCUT2D eigenvalue weighted by Gasteiger charge is -2.03. The minimum atomic E-state index is -0.253. The van der Waals surface area contributed by atoms with Gasteiger partial charge in [-0.05, 0) is 0 Å². The van der Waals surface area contributed by atoms with E-state index in [1.165, 1.54) is 0 Å². The Morgan fingerprint density at radius 2 is 1.25 bits per heavy atom. The van der Waals surface area contributed by atoms with Crippen LogP contribution in [0, 0.1) is 0 Å². The van der Waals surface area contributed by atoms with Crippen LogP contribution in [0.1, 0.15) is 0 Å². The maximum atomic E-state index is 10.5. The Morgan fingerprint density at radius 3 is 1.50 bits per heavy atom. The van der Waals surface area contributed by atoms with E-state index in [1.807, 2.05) is 0 Å². The molecule has 0 aliphatic carbocycles. The van der Waals surface area contributed by atoms with Crippen LogP contribution < -0.4 is 10.6 Å². The van der Waals surface area contributed by atoms with Crippen molar-refractivity contribution in [2.45, 2.75) is 0 Å². The van der Waals surface area contributed by atoms with Crippen molar-refractivity contribution in [3.63, 3.8) is 0 Å². The molecule has 0 aliphatic heterocycles. The second-order valence-electron chi connectivity index (χ2n) is 1.97. The molecule has 0 saturated carbocycles. The minimum absolute atomic E-state index is 0.0660. The SMILES string of the molecule is O=C(CCl)NCCNC(=O)CCl. The lowest BCUT2D eigenvalue weighted by atomic mass is 10.5. The van der Waals surface area contributed by atoms with Crippen molar-refractivity contribution in [3.8, 4) is 0 Å². The number of amides is 2. The van der Waals surface area contributed by atoms with Crippen molar-refractivity contribution in [1.82, 2.24) is 10.6 Å². The van der Waals surface area contributed by atoms with Gasteiger partial charge < -0.3 is 10.6 Å². The third-order valence-corrected chi connectivity index (χ3v) is 1.50. The summed E-state index contributed by atoms with van der Waals surface area (Å²) in [6.45, 7) is 0.738. The molecule has 0 aliphatic rings. The molecule has 4 nitrogen and oxygen atoms in total. The summed E-state index contributed by atoms with van der Waals surface area (Å²) in [4.78, 5) is 21.1. The Bertz CT molecular complexity index is 146. The first-order valence-electron chi connectivity index (χ1n) is 3.36. The number of nitrogens with one attached hydrogen (secondary N) is 2. The van der Waals surface area contributed by atoms with Gasteiger partial charge in [-0.15, -0.1) is 23.2 Å². The molecule has 0 aromatic heterocycles. The van der Waals surface area contributed by atoms with Crippen LogP contribution in [0.3, 0.4) is 0 Å². The van der Waals surface area contributed by atoms with Crippen molar-refractivity contribution in [1.29, 1.82) is 0 Å². The molecule has 0 unspecified atom stereocenters. The third kappa shape index (κ3) is 6.24. The summed E-state index contributed by atoms with van der Waals surface area (Å²) >= 11 is 10.4. The molecule has 6 heteroatoms. The molecule has 0 aromatic carbocycles. The quantitative estimate of drug-likeness (QED) is 0.486. The van der Waals surface area contributed by atoms with Gasteiger partial charge in [-0.1, -0.05) is 0 Å². The fraction of sp³-hybridized carbons (Fsp3) is 0.667. The molecular weight excluding hydrogens is 203 g/mol. The monoisotopic (exact) mass is 212 g/mol. The Kier molecular flexibility index (Phi) is 6.90. The zero-order valence-electron chi connectivity index (χ0n) is 6.40. The van der Waals surface area contributed by atoms with Crippen molar-refractivity contribution < 1.29 is 9.59 Å². The van der Waals surface area contributed by atoms with Gasteiger partial charge in [-0.3, -0.25) is 9.59 Å². The predicted molar refractivity (Wildman–Crippen MR) is 47.5 cm³/mol. The van der Waals surface area contributed by atoms with E-state index in [4.69, 9.17) is 23.2 Å². The maximum Gasteiger partial charge on any atom is 0.234 e. The van der Waals surface area contributed by atoms with Crippen LogP contribution in [-0.4, -0.2) is 36.7 Å². The van der Waals surface area contributed by atoms with Crippen LogP contribution in [0.4, 0.5) is 0 Å². The highest BCUT2D eigenvalue weighted by Crippen LogP contribution is 1.74. The highest BCUT2D eigenvalue weighted by Gasteiger charge is 1.98. The number of alkyl halides is 2. The summed E-state index contributed by atoms with van der Waals surface area (Å²) in [5, 5.41) is 4.97. The van der Waals surface area contributed by atoms with Crippen LogP contribution in [-0.2, 0) is 9.59 Å². The summed E-state index contributed by atoms with van der Waals surface area (Å²) in [7, 11) is 0. The minimum Gasteiger partial charge on any atom is -0.353 e. The van der Waals surface area contributed by atoms with Crippen molar-refractivity contribution >= 4 is 35.0 Å². The molecule has 70 valence electrons. The number of rotatable bonds is 5. The van der Waals surface area contributed by atoms with Gasteiger partial charge in [-0.2, -0.15) is 0 Å². The van der Waals surface area contributed by atoms with Crippen LogP contribution in [0.5, 0.6) is 0 Å². The second-order valence-corrected chi connectivity index (χ2v) is 2.50. The molecule has 0 bridgehead atoms. The largest absolute Gasteiger partial charge is 0.353 e. The topological polar surface area (TPSA) is 58.2 Å². The maximum absolute atomic E-state index is 10.5. The molecule has 12 heavy (non-hydrogen) atoms. The molecule has 0 spiro atoms. The van der Waals surface area contributed by atoms with Gasteiger partial charge in [0.05, 0.1) is 0 Å². The Labute approximate surface area is 80.6 Å². The van der Waals surface area contributed by atoms with Crippen LogP contribution in [0.2, 0.25) is 0 Å². The molecule has 0 fully saturated rings. The molecule has 0 atom stereocenters. The van der Waals surface area contributed by atoms with E-state index < -0.39 is 0 Å². The van der Waals surface area contributed by atoms with E-state index in [1.54, 1.807) is 0 Å². The smallest absolute Gasteiger partial charge is 0.234 e. The predicted octanol–water partition coefficient (Wildman–Crippen LogP) is -0.304. The number of carbonyl (C=O) groups excluding carboxylic acids is 2. The Morgan fingerprint density at radius 1 is 0.917 bits per heavy atom. The van der Waals surface area contributed by atoms with Gasteiger partial charge in [0, 0.05) is 13.1 Å². The highest BCUT2D eigenvalue weighted by atomic mass is 35.5. The van der Waals surface area contributed by atoms with E-state index in [2.05, 4.69) is 10.6 Å². The lowest BCUT2D eigenvalue weighted by Crippen LogP contribution is -2.35. The average Bonchev–Trinajstić information content (AvgIpc) is 2.11. The normalized spacial score (nSPS) is 9.17. The summed E-state index contributed by atoms with van der Waals surface area (Å²) in [6.07, 6.45) is 0. The van der Waals surface area contributed by atoms with Gasteiger partial charge in [0.25, 0.3) is 0 Å². The van der Waals surface area contributed by atoms with E-state index in [0.29, 0.717) is 13.1 Å². The molecule has 2 N–H and O–H groups in total. The van der Waals surface area contributed by atoms with E-state index in [-0.39, 0.29) is 23.6 Å². The third-order valence-electron chi connectivity index (χ3n) is 1.01. The zero-order valence-corrected chi connectivity index (χ0v) is 7.91. The molecule has 0 saturated heterocycles. The van der Waals surface area contributed by atoms with Crippen molar-refractivity contribution in [2.75, 3.05) is 24.8 Å². The second kappa shape index (κ2) is 7.18. The van der Waals surface area contributed by atoms with Crippen LogP contribution >= 0.6 is 23.2 Å². The van der Waals surface area contributed by atoms with Crippen LogP contribution in [0.15, 0.2) is 0 Å². The molecule has 0 aromatic rings. The average molecular weight is 213 g/mol. The number of hydrogen-bond acceptors (Lipinski definition) is 2. The Balaban J connectivity index is 3.21. The number of carbonyl (C=O) groups is 2. The zero-order chi connectivity index (χ0) is 9.40. The molecule has 0 heterocycles. The van der Waals surface area contributed by atoms with Crippen LogP contribution in [0.25, 0.3) is 0 Å². The first-order valence-corrected chi connectivity index (χ1v) is 4.43. The number of hydrogen-bond donors (Lipinski definition) is 2. The standard InChI is InChI=1S/C6H10Cl2N2O2/c7-3-5(11)9-1-2-10-6(12)4-8/h1-4H2,(H,9,11)(H,10,12). The van der Waals surface area contributed by atoms with Gasteiger partial charge >= 0.3 is 0 Å². The fourth-order valence-electron chi connectivity index (χ4n) is 0.498. The van der Waals surface area contributed by atoms with E-state index in [9.17, 15) is 9.59 Å². The van der Waals surface area contributed by atoms with Crippen molar-refractivity contribution in [2.24, 2.45) is 0 Å². The van der Waals surface area contributed by atoms with E-state index in [0.717, 1.165) is 0 Å². The molecule has 0 radical (unpaired) electrons. The Hall–Kier alpha value is -0.480. The summed E-state index contributed by atoms with van der Waals surface area (Å²) in [5.41, 5.74) is 0. The molecular formula is C6H10Cl2N2O2. The summed E-state index contributed by atoms with van der Waals surface area (Å²) in [6, 6.07) is 0. The first kappa shape index (κ1) is 11.5. The summed E-state index contributed by atoms with van der Waals surface area (Å²) in [5.74, 6) is -0.638. The first-order chi connectivity index (χ1) is 5.70. The van der Waals surface area contributed by atoms with Gasteiger partial charge in [0.2, 0.25) is 11.8 Å². The summed E-state index contributed by atoms with van der Waals surface area (Å²) < 4.78 is 0.